The zero-order chi connectivity index (χ0) is 7.72. The van der Waals surface area contributed by atoms with E-state index >= 15 is 0 Å². The summed E-state index contributed by atoms with van der Waals surface area (Å²) in [5.41, 5.74) is 0. The van der Waals surface area contributed by atoms with Gasteiger partial charge in [0.1, 0.15) is 18.3 Å². The van der Waals surface area contributed by atoms with Crippen molar-refractivity contribution in [2.45, 2.75) is 24.6 Å². The molecule has 5 heteroatoms. The highest BCUT2D eigenvalue weighted by atomic mass is 16.6. The second kappa shape index (κ2) is 2.81. The average Bonchev–Trinajstić information content (AvgIpc) is 1.93. The Hall–Kier alpha value is -0.200. The van der Waals surface area contributed by atoms with Crippen LogP contribution in [0.1, 0.15) is 0 Å². The van der Waals surface area contributed by atoms with Crippen LogP contribution in [0.4, 0.5) is 0 Å². The van der Waals surface area contributed by atoms with Gasteiger partial charge in [0.2, 0.25) is 0 Å². The van der Waals surface area contributed by atoms with E-state index in [1.165, 1.54) is 0 Å². The zero-order valence-electron chi connectivity index (χ0n) is 5.21. The second-order valence-corrected chi connectivity index (χ2v) is 2.27. The third kappa shape index (κ3) is 1.28. The van der Waals surface area contributed by atoms with E-state index in [0.717, 1.165) is 0 Å². The summed E-state index contributed by atoms with van der Waals surface area (Å²) in [7, 11) is 0. The first-order chi connectivity index (χ1) is 4.63. The molecule has 0 bridgehead atoms. The summed E-state index contributed by atoms with van der Waals surface area (Å²) in [6, 6.07) is 0. The molecule has 0 aliphatic carbocycles. The third-order valence-corrected chi connectivity index (χ3v) is 1.47. The van der Waals surface area contributed by atoms with Crippen molar-refractivity contribution in [2.24, 2.45) is 0 Å². The van der Waals surface area contributed by atoms with E-state index in [2.05, 4.69) is 4.74 Å². The molecule has 0 aromatic heterocycles. The van der Waals surface area contributed by atoms with Gasteiger partial charge in [-0.25, -0.2) is 0 Å². The molecule has 1 rings (SSSR count). The molecule has 60 valence electrons. The van der Waals surface area contributed by atoms with Crippen molar-refractivity contribution >= 4 is 0 Å². The lowest BCUT2D eigenvalue weighted by Crippen LogP contribution is -2.52. The van der Waals surface area contributed by atoms with Crippen LogP contribution in [0, 0.1) is 0 Å². The second-order valence-electron chi connectivity index (χ2n) is 2.27. The first-order valence-corrected chi connectivity index (χ1v) is 2.97. The fourth-order valence-corrected chi connectivity index (χ4v) is 0.791. The SMILES string of the molecule is OC1COC(O)[C@H](O)[C@H]1O. The van der Waals surface area contributed by atoms with Gasteiger partial charge < -0.3 is 25.2 Å². The number of hydrogen-bond donors (Lipinski definition) is 4. The molecule has 4 N–H and O–H groups in total. The number of aliphatic hydroxyl groups excluding tert-OH is 4. The highest BCUT2D eigenvalue weighted by Crippen LogP contribution is 2.12. The Kier molecular flexibility index (Phi) is 2.22. The van der Waals surface area contributed by atoms with Crippen LogP contribution < -0.4 is 0 Å². The van der Waals surface area contributed by atoms with Crippen molar-refractivity contribution in [1.29, 1.82) is 0 Å². The first kappa shape index (κ1) is 7.90. The van der Waals surface area contributed by atoms with Crippen molar-refractivity contribution in [3.8, 4) is 0 Å². The van der Waals surface area contributed by atoms with Crippen molar-refractivity contribution in [3.63, 3.8) is 0 Å². The summed E-state index contributed by atoms with van der Waals surface area (Å²) < 4.78 is 4.47. The van der Waals surface area contributed by atoms with Gasteiger partial charge in [0.25, 0.3) is 0 Å². The van der Waals surface area contributed by atoms with Crippen molar-refractivity contribution in [1.82, 2.24) is 0 Å². The maximum atomic E-state index is 8.88. The molecule has 2 unspecified atom stereocenters. The summed E-state index contributed by atoms with van der Waals surface area (Å²) in [6.07, 6.45) is -5.23. The fourth-order valence-electron chi connectivity index (χ4n) is 0.791. The van der Waals surface area contributed by atoms with Gasteiger partial charge in [0.15, 0.2) is 6.29 Å². The Balaban J connectivity index is 2.52. The topological polar surface area (TPSA) is 90.2 Å². The minimum Gasteiger partial charge on any atom is -0.388 e. The van der Waals surface area contributed by atoms with Crippen molar-refractivity contribution < 1.29 is 25.2 Å². The van der Waals surface area contributed by atoms with Crippen molar-refractivity contribution in [2.75, 3.05) is 6.61 Å². The molecule has 10 heavy (non-hydrogen) atoms. The highest BCUT2D eigenvalue weighted by molar-refractivity contribution is 4.81. The molecular weight excluding hydrogens is 140 g/mol. The van der Waals surface area contributed by atoms with Gasteiger partial charge in [-0.15, -0.1) is 0 Å². The molecule has 0 aromatic carbocycles. The molecule has 0 aromatic rings. The molecule has 0 saturated carbocycles. The van der Waals surface area contributed by atoms with E-state index in [0.29, 0.717) is 0 Å². The minimum absolute atomic E-state index is 0.153. The van der Waals surface area contributed by atoms with E-state index in [1.54, 1.807) is 0 Å². The number of aliphatic hydroxyl groups is 4. The van der Waals surface area contributed by atoms with Gasteiger partial charge in [-0.05, 0) is 0 Å². The molecule has 0 spiro atoms. The Morgan fingerprint density at radius 1 is 1.00 bits per heavy atom. The highest BCUT2D eigenvalue weighted by Gasteiger charge is 2.36. The molecule has 1 aliphatic heterocycles. The van der Waals surface area contributed by atoms with E-state index in [-0.39, 0.29) is 6.61 Å². The smallest absolute Gasteiger partial charge is 0.183 e. The third-order valence-electron chi connectivity index (χ3n) is 1.47. The zero-order valence-corrected chi connectivity index (χ0v) is 5.21. The van der Waals surface area contributed by atoms with Gasteiger partial charge in [-0.1, -0.05) is 0 Å². The number of rotatable bonds is 0. The maximum Gasteiger partial charge on any atom is 0.183 e. The van der Waals surface area contributed by atoms with Crippen LogP contribution in [0.3, 0.4) is 0 Å². The lowest BCUT2D eigenvalue weighted by Gasteiger charge is -2.31. The molecule has 1 aliphatic rings. The van der Waals surface area contributed by atoms with Crippen LogP contribution >= 0.6 is 0 Å². The predicted octanol–water partition coefficient (Wildman–Crippen LogP) is -2.58. The van der Waals surface area contributed by atoms with E-state index < -0.39 is 24.6 Å². The summed E-state index contributed by atoms with van der Waals surface area (Å²) in [5.74, 6) is 0. The lowest BCUT2D eigenvalue weighted by molar-refractivity contribution is -0.252. The number of ether oxygens (including phenoxy) is 1. The summed E-state index contributed by atoms with van der Waals surface area (Å²) in [6.45, 7) is -0.153. The lowest BCUT2D eigenvalue weighted by atomic mass is 10.1. The Morgan fingerprint density at radius 2 is 1.60 bits per heavy atom. The molecule has 0 radical (unpaired) electrons. The van der Waals surface area contributed by atoms with E-state index in [9.17, 15) is 0 Å². The average molecular weight is 150 g/mol. The van der Waals surface area contributed by atoms with Gasteiger partial charge in [-0.2, -0.15) is 0 Å². The summed E-state index contributed by atoms with van der Waals surface area (Å²) in [5, 5.41) is 35.3. The van der Waals surface area contributed by atoms with Gasteiger partial charge in [-0.3, -0.25) is 0 Å². The minimum atomic E-state index is -1.41. The van der Waals surface area contributed by atoms with E-state index in [4.69, 9.17) is 20.4 Å². The quantitative estimate of drug-likeness (QED) is 0.304. The molecular formula is C5H10O5. The van der Waals surface area contributed by atoms with Gasteiger partial charge in [0.05, 0.1) is 6.61 Å². The fraction of sp³-hybridized carbons (Fsp3) is 1.00. The van der Waals surface area contributed by atoms with Crippen LogP contribution in [0.25, 0.3) is 0 Å². The standard InChI is InChI=1S/C5H10O5/c6-2-1-10-5(9)4(8)3(2)7/h2-9H,1H2/t2?,3-,4+,5?/m0/s1. The molecule has 0 amide bonds. The van der Waals surface area contributed by atoms with Crippen LogP contribution in [-0.4, -0.2) is 51.6 Å². The normalized spacial score (nSPS) is 49.2. The molecule has 1 fully saturated rings. The Morgan fingerprint density at radius 3 is 2.10 bits per heavy atom. The van der Waals surface area contributed by atoms with Crippen LogP contribution in [0.15, 0.2) is 0 Å². The van der Waals surface area contributed by atoms with Gasteiger partial charge in [0, 0.05) is 0 Å². The number of hydrogen-bond acceptors (Lipinski definition) is 5. The van der Waals surface area contributed by atoms with Crippen LogP contribution in [-0.2, 0) is 4.74 Å². The summed E-state index contributed by atoms with van der Waals surface area (Å²) >= 11 is 0. The predicted molar refractivity (Wildman–Crippen MR) is 30.0 cm³/mol. The summed E-state index contributed by atoms with van der Waals surface area (Å²) in [4.78, 5) is 0. The monoisotopic (exact) mass is 150 g/mol. The molecule has 1 saturated heterocycles. The van der Waals surface area contributed by atoms with Crippen LogP contribution in [0.5, 0.6) is 0 Å². The molecule has 1 heterocycles. The maximum absolute atomic E-state index is 8.88. The first-order valence-electron chi connectivity index (χ1n) is 2.97. The Bertz CT molecular complexity index is 103. The van der Waals surface area contributed by atoms with E-state index in [1.807, 2.05) is 0 Å². The van der Waals surface area contributed by atoms with Gasteiger partial charge >= 0.3 is 0 Å². The largest absolute Gasteiger partial charge is 0.388 e. The Labute approximate surface area is 57.5 Å². The molecule has 5 nitrogen and oxygen atoms in total. The van der Waals surface area contributed by atoms with Crippen LogP contribution in [0.2, 0.25) is 0 Å². The van der Waals surface area contributed by atoms with Crippen molar-refractivity contribution in [3.05, 3.63) is 0 Å². The molecule has 4 atom stereocenters.